The van der Waals surface area contributed by atoms with Gasteiger partial charge in [0, 0.05) is 32.8 Å². The summed E-state index contributed by atoms with van der Waals surface area (Å²) in [6.45, 7) is 0. The van der Waals surface area contributed by atoms with Crippen LogP contribution in [0.25, 0.3) is 92.5 Å². The van der Waals surface area contributed by atoms with Crippen LogP contribution in [0.3, 0.4) is 0 Å². The summed E-state index contributed by atoms with van der Waals surface area (Å²) in [6, 6.07) is 56.0. The molecule has 0 aliphatic heterocycles. The van der Waals surface area contributed by atoms with Crippen LogP contribution in [0.2, 0.25) is 0 Å². The van der Waals surface area contributed by atoms with Gasteiger partial charge in [0.15, 0.2) is 0 Å². The summed E-state index contributed by atoms with van der Waals surface area (Å²) >= 11 is 1.74. The molecule has 4 heteroatoms. The van der Waals surface area contributed by atoms with Crippen LogP contribution in [-0.4, -0.2) is 9.55 Å². The van der Waals surface area contributed by atoms with Gasteiger partial charge in [0.25, 0.3) is 0 Å². The SMILES string of the molecule is c1ccc(-c2cccc(-n3c4ccccc4c4cc(-c5nc6ccc7oc8ccc(-c9ccccc9)cc8c7c6s5)ccc43)c2)cc1. The Morgan fingerprint density at radius 3 is 1.96 bits per heavy atom. The third-order valence-corrected chi connectivity index (χ3v) is 10.4. The molecule has 0 fully saturated rings. The second kappa shape index (κ2) is 10.3. The van der Waals surface area contributed by atoms with E-state index in [9.17, 15) is 0 Å². The Morgan fingerprint density at radius 1 is 0.468 bits per heavy atom. The number of thiazole rings is 1. The van der Waals surface area contributed by atoms with Crippen molar-refractivity contribution in [2.75, 3.05) is 0 Å². The summed E-state index contributed by atoms with van der Waals surface area (Å²) < 4.78 is 9.86. The highest BCUT2D eigenvalue weighted by Gasteiger charge is 2.18. The Hall–Kier alpha value is -5.97. The van der Waals surface area contributed by atoms with Crippen molar-refractivity contribution >= 4 is 65.3 Å². The lowest BCUT2D eigenvalue weighted by Crippen LogP contribution is -1.94. The Balaban J connectivity index is 1.14. The second-order valence-electron chi connectivity index (χ2n) is 12.0. The van der Waals surface area contributed by atoms with Gasteiger partial charge in [0.05, 0.1) is 21.3 Å². The van der Waals surface area contributed by atoms with Crippen LogP contribution in [-0.2, 0) is 0 Å². The fourth-order valence-electron chi connectivity index (χ4n) is 7.02. The van der Waals surface area contributed by atoms with E-state index in [1.54, 1.807) is 11.3 Å². The molecule has 0 aliphatic carbocycles. The largest absolute Gasteiger partial charge is 0.456 e. The van der Waals surface area contributed by atoms with Crippen molar-refractivity contribution in [2.24, 2.45) is 0 Å². The van der Waals surface area contributed by atoms with Gasteiger partial charge in [0.1, 0.15) is 16.2 Å². The third kappa shape index (κ3) is 4.16. The lowest BCUT2D eigenvalue weighted by atomic mass is 10.0. The summed E-state index contributed by atoms with van der Waals surface area (Å²) in [5.41, 5.74) is 12.2. The maximum Gasteiger partial charge on any atom is 0.137 e. The van der Waals surface area contributed by atoms with Gasteiger partial charge in [-0.15, -0.1) is 11.3 Å². The van der Waals surface area contributed by atoms with Crippen molar-refractivity contribution in [1.29, 1.82) is 0 Å². The van der Waals surface area contributed by atoms with Gasteiger partial charge in [-0.2, -0.15) is 0 Å². The van der Waals surface area contributed by atoms with Crippen LogP contribution in [0.5, 0.6) is 0 Å². The van der Waals surface area contributed by atoms with Gasteiger partial charge in [0.2, 0.25) is 0 Å². The smallest absolute Gasteiger partial charge is 0.137 e. The molecule has 0 N–H and O–H groups in total. The Kier molecular flexibility index (Phi) is 5.74. The first-order valence-corrected chi connectivity index (χ1v) is 16.6. The number of hydrogen-bond donors (Lipinski definition) is 0. The fourth-order valence-corrected chi connectivity index (χ4v) is 8.13. The number of benzene rings is 7. The van der Waals surface area contributed by atoms with Crippen LogP contribution >= 0.6 is 11.3 Å². The van der Waals surface area contributed by atoms with Gasteiger partial charge < -0.3 is 8.98 Å². The number of para-hydroxylation sites is 1. The number of furan rings is 1. The molecule has 220 valence electrons. The summed E-state index contributed by atoms with van der Waals surface area (Å²) in [5, 5.41) is 5.71. The predicted octanol–water partition coefficient (Wildman–Crippen LogP) is 12.3. The van der Waals surface area contributed by atoms with Crippen LogP contribution in [0.4, 0.5) is 0 Å². The van der Waals surface area contributed by atoms with Crippen molar-refractivity contribution < 1.29 is 4.42 Å². The third-order valence-electron chi connectivity index (χ3n) is 9.23. The summed E-state index contributed by atoms with van der Waals surface area (Å²) in [6.07, 6.45) is 0. The number of rotatable bonds is 4. The first-order valence-electron chi connectivity index (χ1n) is 15.8. The Labute approximate surface area is 274 Å². The normalized spacial score (nSPS) is 11.8. The van der Waals surface area contributed by atoms with Gasteiger partial charge >= 0.3 is 0 Å². The van der Waals surface area contributed by atoms with Crippen molar-refractivity contribution in [2.45, 2.75) is 0 Å². The van der Waals surface area contributed by atoms with E-state index in [1.807, 2.05) is 0 Å². The minimum atomic E-state index is 0.893. The first kappa shape index (κ1) is 26.3. The molecule has 0 saturated carbocycles. The molecule has 0 atom stereocenters. The number of nitrogens with zero attached hydrogens (tertiary/aromatic N) is 2. The van der Waals surface area contributed by atoms with Crippen LogP contribution in [0, 0.1) is 0 Å². The van der Waals surface area contributed by atoms with Crippen molar-refractivity contribution in [1.82, 2.24) is 9.55 Å². The molecule has 0 spiro atoms. The monoisotopic (exact) mass is 618 g/mol. The molecule has 0 unspecified atom stereocenters. The summed E-state index contributed by atoms with van der Waals surface area (Å²) in [7, 11) is 0. The zero-order valence-corrected chi connectivity index (χ0v) is 26.0. The minimum Gasteiger partial charge on any atom is -0.456 e. The van der Waals surface area contributed by atoms with Crippen LogP contribution < -0.4 is 0 Å². The summed E-state index contributed by atoms with van der Waals surface area (Å²) in [4.78, 5) is 5.17. The maximum absolute atomic E-state index is 6.33. The zero-order valence-electron chi connectivity index (χ0n) is 25.2. The van der Waals surface area contributed by atoms with Crippen molar-refractivity contribution in [3.63, 3.8) is 0 Å². The molecule has 0 amide bonds. The topological polar surface area (TPSA) is 31.0 Å². The standard InChI is InChI=1S/C43H26N2OS/c1-3-10-27(11-4-1)29-14-9-15-32(24-29)45-37-17-8-7-16-33(37)34-26-31(18-21-38(34)45)43-44-36-20-23-40-41(42(36)47-43)35-25-30(19-22-39(35)46-40)28-12-5-2-6-13-28/h1-26H. The molecule has 3 heterocycles. The Morgan fingerprint density at radius 2 is 1.13 bits per heavy atom. The minimum absolute atomic E-state index is 0.893. The molecule has 0 radical (unpaired) electrons. The lowest BCUT2D eigenvalue weighted by molar-refractivity contribution is 0.669. The molecule has 7 aromatic carbocycles. The van der Waals surface area contributed by atoms with E-state index in [2.05, 4.69) is 162 Å². The number of fused-ring (bicyclic) bond motifs is 8. The molecular formula is C43H26N2OS. The van der Waals surface area contributed by atoms with Crippen LogP contribution in [0.15, 0.2) is 162 Å². The van der Waals surface area contributed by atoms with Gasteiger partial charge in [-0.1, -0.05) is 97.1 Å². The number of hydrogen-bond acceptors (Lipinski definition) is 3. The molecule has 47 heavy (non-hydrogen) atoms. The summed E-state index contributed by atoms with van der Waals surface area (Å²) in [5.74, 6) is 0. The molecule has 0 saturated heterocycles. The van der Waals surface area contributed by atoms with Gasteiger partial charge in [-0.3, -0.25) is 0 Å². The molecule has 10 rings (SSSR count). The maximum atomic E-state index is 6.33. The highest BCUT2D eigenvalue weighted by atomic mass is 32.1. The van der Waals surface area contributed by atoms with Gasteiger partial charge in [-0.05, 0) is 82.9 Å². The van der Waals surface area contributed by atoms with Gasteiger partial charge in [-0.25, -0.2) is 4.98 Å². The average Bonchev–Trinajstić information content (AvgIpc) is 3.83. The van der Waals surface area contributed by atoms with E-state index in [0.717, 1.165) is 48.4 Å². The average molecular weight is 619 g/mol. The van der Waals surface area contributed by atoms with Crippen molar-refractivity contribution in [3.05, 3.63) is 158 Å². The molecular weight excluding hydrogens is 593 g/mol. The molecule has 10 aromatic rings. The highest BCUT2D eigenvalue weighted by molar-refractivity contribution is 7.22. The molecule has 3 nitrogen and oxygen atoms in total. The van der Waals surface area contributed by atoms with Crippen molar-refractivity contribution in [3.8, 4) is 38.5 Å². The number of aromatic nitrogens is 2. The van der Waals surface area contributed by atoms with E-state index in [1.165, 1.54) is 44.1 Å². The van der Waals surface area contributed by atoms with E-state index < -0.39 is 0 Å². The highest BCUT2D eigenvalue weighted by Crippen LogP contribution is 2.42. The predicted molar refractivity (Wildman–Crippen MR) is 198 cm³/mol. The Bertz CT molecular complexity index is 2790. The molecule has 0 bridgehead atoms. The fraction of sp³-hybridized carbons (Fsp3) is 0. The first-order chi connectivity index (χ1) is 23.3. The zero-order chi connectivity index (χ0) is 30.9. The quantitative estimate of drug-likeness (QED) is 0.196. The second-order valence-corrected chi connectivity index (χ2v) is 13.0. The molecule has 3 aromatic heterocycles. The van der Waals surface area contributed by atoms with E-state index in [0.29, 0.717) is 0 Å². The van der Waals surface area contributed by atoms with E-state index >= 15 is 0 Å². The van der Waals surface area contributed by atoms with Crippen LogP contribution in [0.1, 0.15) is 0 Å². The lowest BCUT2D eigenvalue weighted by Gasteiger charge is -2.10. The van der Waals surface area contributed by atoms with E-state index in [4.69, 9.17) is 9.40 Å². The molecule has 0 aliphatic rings. The van der Waals surface area contributed by atoms with E-state index in [-0.39, 0.29) is 0 Å².